The van der Waals surface area contributed by atoms with E-state index in [0.717, 1.165) is 63.0 Å². The van der Waals surface area contributed by atoms with E-state index in [1.165, 1.54) is 5.56 Å². The van der Waals surface area contributed by atoms with Gasteiger partial charge in [0.2, 0.25) is 0 Å². The lowest BCUT2D eigenvalue weighted by molar-refractivity contribution is -0.142. The first-order chi connectivity index (χ1) is 13.2. The third kappa shape index (κ3) is 5.59. The van der Waals surface area contributed by atoms with E-state index in [9.17, 15) is 4.79 Å². The van der Waals surface area contributed by atoms with Crippen molar-refractivity contribution in [2.45, 2.75) is 32.3 Å². The van der Waals surface area contributed by atoms with Gasteiger partial charge in [-0.25, -0.2) is 0 Å². The Balaban J connectivity index is 1.51. The van der Waals surface area contributed by atoms with E-state index in [1.807, 2.05) is 23.1 Å². The Morgan fingerprint density at radius 3 is 2.74 bits per heavy atom. The number of rotatable bonds is 5. The van der Waals surface area contributed by atoms with Gasteiger partial charge in [-0.3, -0.25) is 9.79 Å². The highest BCUT2D eigenvalue weighted by Gasteiger charge is 2.30. The second-order valence-electron chi connectivity index (χ2n) is 6.93. The lowest BCUT2D eigenvalue weighted by Gasteiger charge is -2.37. The lowest BCUT2D eigenvalue weighted by atomic mass is 10.1. The molecule has 0 aliphatic carbocycles. The molecule has 2 saturated heterocycles. The van der Waals surface area contributed by atoms with E-state index < -0.39 is 0 Å². The van der Waals surface area contributed by atoms with Crippen molar-refractivity contribution in [2.24, 2.45) is 4.99 Å². The number of ether oxygens (including phenoxy) is 1. The van der Waals surface area contributed by atoms with Crippen LogP contribution in [0, 0.1) is 0 Å². The Hall–Kier alpha value is -1.79. The first-order valence-electron chi connectivity index (χ1n) is 9.85. The van der Waals surface area contributed by atoms with Gasteiger partial charge in [0.15, 0.2) is 5.96 Å². The average molecular weight is 393 g/mol. The molecule has 0 aromatic heterocycles. The summed E-state index contributed by atoms with van der Waals surface area (Å²) >= 11 is 6.05. The second-order valence-corrected chi connectivity index (χ2v) is 7.37. The van der Waals surface area contributed by atoms with Crippen molar-refractivity contribution >= 4 is 23.5 Å². The average Bonchev–Trinajstić information content (AvgIpc) is 3.22. The summed E-state index contributed by atoms with van der Waals surface area (Å²) in [5.74, 6) is 1.07. The van der Waals surface area contributed by atoms with E-state index >= 15 is 0 Å². The largest absolute Gasteiger partial charge is 0.368 e. The maximum atomic E-state index is 12.5. The van der Waals surface area contributed by atoms with Crippen molar-refractivity contribution in [2.75, 3.05) is 45.9 Å². The first-order valence-corrected chi connectivity index (χ1v) is 10.2. The van der Waals surface area contributed by atoms with Gasteiger partial charge in [-0.2, -0.15) is 0 Å². The number of carbonyl (C=O) groups excluding carboxylic acids is 1. The number of nitrogens with one attached hydrogen (secondary N) is 1. The molecule has 1 aromatic rings. The molecule has 0 radical (unpaired) electrons. The fourth-order valence-electron chi connectivity index (χ4n) is 3.52. The number of benzene rings is 1. The van der Waals surface area contributed by atoms with Gasteiger partial charge in [0.05, 0.1) is 0 Å². The maximum Gasteiger partial charge on any atom is 0.251 e. The van der Waals surface area contributed by atoms with Crippen LogP contribution < -0.4 is 5.32 Å². The van der Waals surface area contributed by atoms with Crippen LogP contribution in [-0.4, -0.2) is 73.6 Å². The quantitative estimate of drug-likeness (QED) is 0.616. The zero-order chi connectivity index (χ0) is 19.1. The van der Waals surface area contributed by atoms with Crippen LogP contribution in [0.3, 0.4) is 0 Å². The molecule has 2 aliphatic heterocycles. The van der Waals surface area contributed by atoms with Crippen LogP contribution in [0.5, 0.6) is 0 Å². The predicted molar refractivity (Wildman–Crippen MR) is 108 cm³/mol. The van der Waals surface area contributed by atoms with E-state index in [1.54, 1.807) is 0 Å². The SMILES string of the molecule is CCNC(=NCCc1cccc(Cl)c1)N1CCN(C(=O)C2CCCO2)CC1. The molecular weight excluding hydrogens is 364 g/mol. The number of halogens is 1. The number of amides is 1. The number of guanidine groups is 1. The second kappa shape index (κ2) is 9.95. The van der Waals surface area contributed by atoms with E-state index in [-0.39, 0.29) is 12.0 Å². The highest BCUT2D eigenvalue weighted by molar-refractivity contribution is 6.30. The van der Waals surface area contributed by atoms with Gasteiger partial charge in [-0.1, -0.05) is 23.7 Å². The summed E-state index contributed by atoms with van der Waals surface area (Å²) in [6, 6.07) is 7.91. The molecule has 2 fully saturated rings. The van der Waals surface area contributed by atoms with Crippen LogP contribution in [-0.2, 0) is 16.0 Å². The summed E-state index contributed by atoms with van der Waals surface area (Å²) in [4.78, 5) is 21.4. The van der Waals surface area contributed by atoms with Gasteiger partial charge in [0.1, 0.15) is 6.10 Å². The Morgan fingerprint density at radius 2 is 2.07 bits per heavy atom. The van der Waals surface area contributed by atoms with Gasteiger partial charge in [0.25, 0.3) is 5.91 Å². The molecule has 27 heavy (non-hydrogen) atoms. The monoisotopic (exact) mass is 392 g/mol. The number of carbonyl (C=O) groups is 1. The third-order valence-corrected chi connectivity index (χ3v) is 5.22. The Morgan fingerprint density at radius 1 is 1.30 bits per heavy atom. The number of aliphatic imine (C=N–C) groups is 1. The lowest BCUT2D eigenvalue weighted by Crippen LogP contribution is -2.55. The zero-order valence-electron chi connectivity index (χ0n) is 16.0. The molecular formula is C20H29ClN4O2. The maximum absolute atomic E-state index is 12.5. The van der Waals surface area contributed by atoms with Crippen molar-refractivity contribution < 1.29 is 9.53 Å². The van der Waals surface area contributed by atoms with Crippen LogP contribution in [0.2, 0.25) is 5.02 Å². The fraction of sp³-hybridized carbons (Fsp3) is 0.600. The summed E-state index contributed by atoms with van der Waals surface area (Å²) in [7, 11) is 0. The Kier molecular flexibility index (Phi) is 7.35. The van der Waals surface area contributed by atoms with Crippen molar-refractivity contribution in [3.05, 3.63) is 34.9 Å². The van der Waals surface area contributed by atoms with E-state index in [4.69, 9.17) is 21.3 Å². The molecule has 3 rings (SSSR count). The van der Waals surface area contributed by atoms with Crippen molar-refractivity contribution in [1.29, 1.82) is 0 Å². The van der Waals surface area contributed by atoms with Gasteiger partial charge in [-0.15, -0.1) is 0 Å². The van der Waals surface area contributed by atoms with Crippen molar-refractivity contribution in [3.63, 3.8) is 0 Å². The number of hydrogen-bond acceptors (Lipinski definition) is 3. The highest BCUT2D eigenvalue weighted by atomic mass is 35.5. The van der Waals surface area contributed by atoms with E-state index in [0.29, 0.717) is 13.2 Å². The molecule has 0 spiro atoms. The Labute approximate surface area is 166 Å². The number of nitrogens with zero attached hydrogens (tertiary/aromatic N) is 3. The van der Waals surface area contributed by atoms with Crippen molar-refractivity contribution in [1.82, 2.24) is 15.1 Å². The van der Waals surface area contributed by atoms with E-state index in [2.05, 4.69) is 23.2 Å². The third-order valence-electron chi connectivity index (χ3n) is 4.98. The summed E-state index contributed by atoms with van der Waals surface area (Å²) in [6.07, 6.45) is 2.47. The standard InChI is InChI=1S/C20H29ClN4O2/c1-2-22-20(23-9-8-16-5-3-6-17(21)15-16)25-12-10-24(11-13-25)19(26)18-7-4-14-27-18/h3,5-6,15,18H,2,4,7-14H2,1H3,(H,22,23). The molecule has 148 valence electrons. The molecule has 7 heteroatoms. The van der Waals surface area contributed by atoms with Gasteiger partial charge in [-0.05, 0) is 43.9 Å². The molecule has 0 bridgehead atoms. The smallest absolute Gasteiger partial charge is 0.251 e. The minimum Gasteiger partial charge on any atom is -0.368 e. The first kappa shape index (κ1) is 20.0. The molecule has 1 aromatic carbocycles. The minimum absolute atomic E-state index is 0.148. The summed E-state index contributed by atoms with van der Waals surface area (Å²) in [6.45, 7) is 7.34. The minimum atomic E-state index is -0.226. The topological polar surface area (TPSA) is 57.2 Å². The molecule has 1 atom stereocenters. The summed E-state index contributed by atoms with van der Waals surface area (Å²) in [5, 5.41) is 4.13. The highest BCUT2D eigenvalue weighted by Crippen LogP contribution is 2.16. The summed E-state index contributed by atoms with van der Waals surface area (Å²) in [5.41, 5.74) is 1.19. The fourth-order valence-corrected chi connectivity index (χ4v) is 3.74. The summed E-state index contributed by atoms with van der Waals surface area (Å²) < 4.78 is 5.53. The van der Waals surface area contributed by atoms with Crippen LogP contribution in [0.1, 0.15) is 25.3 Å². The van der Waals surface area contributed by atoms with Crippen molar-refractivity contribution in [3.8, 4) is 0 Å². The predicted octanol–water partition coefficient (Wildman–Crippen LogP) is 2.17. The molecule has 0 saturated carbocycles. The molecule has 1 N–H and O–H groups in total. The van der Waals surface area contributed by atoms with Gasteiger partial charge < -0.3 is 19.9 Å². The molecule has 2 aliphatic rings. The molecule has 1 amide bonds. The van der Waals surface area contributed by atoms with Crippen LogP contribution in [0.15, 0.2) is 29.3 Å². The van der Waals surface area contributed by atoms with Crippen LogP contribution in [0.4, 0.5) is 0 Å². The normalized spacial score (nSPS) is 20.8. The molecule has 1 unspecified atom stereocenters. The zero-order valence-corrected chi connectivity index (χ0v) is 16.7. The number of hydrogen-bond donors (Lipinski definition) is 1. The number of piperazine rings is 1. The molecule has 6 nitrogen and oxygen atoms in total. The Bertz CT molecular complexity index is 653. The van der Waals surface area contributed by atoms with Gasteiger partial charge in [0, 0.05) is 50.9 Å². The van der Waals surface area contributed by atoms with Crippen LogP contribution in [0.25, 0.3) is 0 Å². The molecule has 2 heterocycles. The van der Waals surface area contributed by atoms with Crippen LogP contribution >= 0.6 is 11.6 Å². The van der Waals surface area contributed by atoms with Gasteiger partial charge >= 0.3 is 0 Å².